The summed E-state index contributed by atoms with van der Waals surface area (Å²) in [4.78, 5) is 13.3. The van der Waals surface area contributed by atoms with Gasteiger partial charge in [-0.25, -0.2) is 9.97 Å². The molecular formula is C13H16N4. The first-order valence-corrected chi connectivity index (χ1v) is 5.58. The van der Waals surface area contributed by atoms with Gasteiger partial charge in [0.1, 0.15) is 11.5 Å². The molecule has 2 aromatic heterocycles. The van der Waals surface area contributed by atoms with Crippen molar-refractivity contribution in [1.29, 1.82) is 0 Å². The van der Waals surface area contributed by atoms with Crippen molar-refractivity contribution >= 4 is 5.82 Å². The summed E-state index contributed by atoms with van der Waals surface area (Å²) in [5, 5.41) is 3.08. The van der Waals surface area contributed by atoms with E-state index < -0.39 is 0 Å². The Balaban J connectivity index is 2.56. The van der Waals surface area contributed by atoms with Crippen LogP contribution in [0.2, 0.25) is 0 Å². The molecular weight excluding hydrogens is 212 g/mol. The molecule has 0 aliphatic heterocycles. The van der Waals surface area contributed by atoms with Crippen LogP contribution in [0, 0.1) is 20.8 Å². The summed E-state index contributed by atoms with van der Waals surface area (Å²) >= 11 is 0. The molecule has 2 heterocycles. The molecule has 0 radical (unpaired) electrons. The molecule has 0 atom stereocenters. The fourth-order valence-corrected chi connectivity index (χ4v) is 1.65. The number of hydrogen-bond donors (Lipinski definition) is 1. The van der Waals surface area contributed by atoms with E-state index in [0.717, 1.165) is 28.3 Å². The number of aryl methyl sites for hydroxylation is 2. The highest BCUT2D eigenvalue weighted by molar-refractivity contribution is 5.56. The van der Waals surface area contributed by atoms with E-state index in [-0.39, 0.29) is 0 Å². The third-order valence-corrected chi connectivity index (χ3v) is 2.77. The second-order valence-electron chi connectivity index (χ2n) is 4.07. The van der Waals surface area contributed by atoms with Crippen LogP contribution in [-0.2, 0) is 0 Å². The molecule has 4 heteroatoms. The highest BCUT2D eigenvalue weighted by Crippen LogP contribution is 2.20. The molecule has 88 valence electrons. The lowest BCUT2D eigenvalue weighted by atomic mass is 10.2. The largest absolute Gasteiger partial charge is 0.373 e. The summed E-state index contributed by atoms with van der Waals surface area (Å²) < 4.78 is 0. The van der Waals surface area contributed by atoms with Gasteiger partial charge in [0.25, 0.3) is 0 Å². The van der Waals surface area contributed by atoms with Gasteiger partial charge in [0.2, 0.25) is 0 Å². The van der Waals surface area contributed by atoms with E-state index in [1.54, 1.807) is 6.20 Å². The topological polar surface area (TPSA) is 50.7 Å². The number of rotatable bonds is 2. The van der Waals surface area contributed by atoms with Crippen LogP contribution in [0.1, 0.15) is 16.8 Å². The van der Waals surface area contributed by atoms with E-state index in [1.807, 2.05) is 40.0 Å². The zero-order valence-electron chi connectivity index (χ0n) is 10.6. The minimum Gasteiger partial charge on any atom is -0.373 e. The Hall–Kier alpha value is -1.97. The maximum absolute atomic E-state index is 4.48. The Labute approximate surface area is 101 Å². The van der Waals surface area contributed by atoms with Gasteiger partial charge in [0.05, 0.1) is 0 Å². The molecule has 4 nitrogen and oxygen atoms in total. The van der Waals surface area contributed by atoms with Crippen LogP contribution < -0.4 is 5.32 Å². The maximum atomic E-state index is 4.48. The monoisotopic (exact) mass is 228 g/mol. The molecule has 0 aliphatic rings. The fourth-order valence-electron chi connectivity index (χ4n) is 1.65. The van der Waals surface area contributed by atoms with Crippen LogP contribution in [0.4, 0.5) is 5.82 Å². The van der Waals surface area contributed by atoms with Gasteiger partial charge in [-0.15, -0.1) is 0 Å². The smallest absolute Gasteiger partial charge is 0.180 e. The maximum Gasteiger partial charge on any atom is 0.180 e. The second kappa shape index (κ2) is 4.49. The normalized spacial score (nSPS) is 10.4. The van der Waals surface area contributed by atoms with Crippen molar-refractivity contribution in [1.82, 2.24) is 15.0 Å². The first kappa shape index (κ1) is 11.5. The molecule has 0 spiro atoms. The van der Waals surface area contributed by atoms with Gasteiger partial charge in [-0.2, -0.15) is 0 Å². The molecule has 17 heavy (non-hydrogen) atoms. The van der Waals surface area contributed by atoms with Crippen molar-refractivity contribution < 1.29 is 0 Å². The molecule has 0 saturated carbocycles. The summed E-state index contributed by atoms with van der Waals surface area (Å²) in [7, 11) is 1.86. The van der Waals surface area contributed by atoms with Crippen molar-refractivity contribution in [2.24, 2.45) is 0 Å². The minimum absolute atomic E-state index is 0.668. The van der Waals surface area contributed by atoms with Crippen molar-refractivity contribution in [3.05, 3.63) is 35.2 Å². The van der Waals surface area contributed by atoms with E-state index >= 15 is 0 Å². The van der Waals surface area contributed by atoms with Crippen molar-refractivity contribution in [2.75, 3.05) is 12.4 Å². The molecule has 1 N–H and O–H groups in total. The van der Waals surface area contributed by atoms with Gasteiger partial charge in [0, 0.05) is 24.5 Å². The van der Waals surface area contributed by atoms with Gasteiger partial charge in [-0.3, -0.25) is 4.98 Å². The zero-order valence-corrected chi connectivity index (χ0v) is 10.6. The first-order valence-electron chi connectivity index (χ1n) is 5.58. The molecule has 0 aromatic carbocycles. The molecule has 2 aromatic rings. The van der Waals surface area contributed by atoms with Crippen LogP contribution in [0.15, 0.2) is 18.3 Å². The lowest BCUT2D eigenvalue weighted by Crippen LogP contribution is -2.03. The summed E-state index contributed by atoms with van der Waals surface area (Å²) in [6.07, 6.45) is 1.78. The number of nitrogens with one attached hydrogen (secondary N) is 1. The average Bonchev–Trinajstić information content (AvgIpc) is 2.32. The predicted octanol–water partition coefficient (Wildman–Crippen LogP) is 2.51. The summed E-state index contributed by atoms with van der Waals surface area (Å²) in [5.74, 6) is 1.52. The van der Waals surface area contributed by atoms with Gasteiger partial charge in [-0.1, -0.05) is 0 Å². The first-order chi connectivity index (χ1) is 8.11. The lowest BCUT2D eigenvalue weighted by Gasteiger charge is -2.09. The van der Waals surface area contributed by atoms with E-state index in [9.17, 15) is 0 Å². The molecule has 0 fully saturated rings. The van der Waals surface area contributed by atoms with Crippen LogP contribution in [0.25, 0.3) is 11.5 Å². The Morgan fingerprint density at radius 2 is 1.88 bits per heavy atom. The van der Waals surface area contributed by atoms with Gasteiger partial charge < -0.3 is 5.32 Å². The van der Waals surface area contributed by atoms with E-state index in [0.29, 0.717) is 5.82 Å². The van der Waals surface area contributed by atoms with Crippen molar-refractivity contribution in [2.45, 2.75) is 20.8 Å². The molecule has 0 aliphatic carbocycles. The van der Waals surface area contributed by atoms with E-state index in [2.05, 4.69) is 20.3 Å². The number of aromatic nitrogens is 3. The molecule has 0 amide bonds. The third kappa shape index (κ3) is 2.25. The Morgan fingerprint density at radius 3 is 2.53 bits per heavy atom. The van der Waals surface area contributed by atoms with Crippen LogP contribution in [-0.4, -0.2) is 22.0 Å². The van der Waals surface area contributed by atoms with Crippen molar-refractivity contribution in [3.63, 3.8) is 0 Å². The van der Waals surface area contributed by atoms with E-state index in [4.69, 9.17) is 0 Å². The van der Waals surface area contributed by atoms with Gasteiger partial charge in [0.15, 0.2) is 5.82 Å². The average molecular weight is 228 g/mol. The Bertz CT molecular complexity index is 549. The molecule has 0 bridgehead atoms. The Kier molecular flexibility index (Phi) is 3.04. The summed E-state index contributed by atoms with van der Waals surface area (Å²) in [6, 6.07) is 3.95. The van der Waals surface area contributed by atoms with Crippen LogP contribution in [0.3, 0.4) is 0 Å². The number of nitrogens with zero attached hydrogens (tertiary/aromatic N) is 3. The predicted molar refractivity (Wildman–Crippen MR) is 69.0 cm³/mol. The van der Waals surface area contributed by atoms with Crippen LogP contribution in [0.5, 0.6) is 0 Å². The highest BCUT2D eigenvalue weighted by atomic mass is 15.0. The zero-order chi connectivity index (χ0) is 12.4. The summed E-state index contributed by atoms with van der Waals surface area (Å²) in [6.45, 7) is 6.02. The van der Waals surface area contributed by atoms with Gasteiger partial charge in [-0.05, 0) is 38.5 Å². The minimum atomic E-state index is 0.668. The van der Waals surface area contributed by atoms with Crippen LogP contribution >= 0.6 is 0 Å². The SMILES string of the molecule is CNc1nc(-c2cc(C)ccn2)nc(C)c1C. The summed E-state index contributed by atoms with van der Waals surface area (Å²) in [5.41, 5.74) is 4.01. The second-order valence-corrected chi connectivity index (χ2v) is 4.07. The quantitative estimate of drug-likeness (QED) is 0.858. The molecule has 0 saturated heterocycles. The third-order valence-electron chi connectivity index (χ3n) is 2.77. The number of hydrogen-bond acceptors (Lipinski definition) is 4. The lowest BCUT2D eigenvalue weighted by molar-refractivity contribution is 1.05. The Morgan fingerprint density at radius 1 is 1.12 bits per heavy atom. The fraction of sp³-hybridized carbons (Fsp3) is 0.308. The highest BCUT2D eigenvalue weighted by Gasteiger charge is 2.09. The van der Waals surface area contributed by atoms with Gasteiger partial charge >= 0.3 is 0 Å². The van der Waals surface area contributed by atoms with E-state index in [1.165, 1.54) is 0 Å². The number of anilines is 1. The molecule has 0 unspecified atom stereocenters. The van der Waals surface area contributed by atoms with Crippen molar-refractivity contribution in [3.8, 4) is 11.5 Å². The standard InChI is InChI=1S/C13H16N4/c1-8-5-6-15-11(7-8)13-16-10(3)9(2)12(14-4)17-13/h5-7H,1-4H3,(H,14,16,17). The molecule has 2 rings (SSSR count). The number of pyridine rings is 1.